The maximum Gasteiger partial charge on any atom is 0.248 e. The molecule has 0 bridgehead atoms. The highest BCUT2D eigenvalue weighted by molar-refractivity contribution is 14.0. The summed E-state index contributed by atoms with van der Waals surface area (Å²) in [4.78, 5) is 8.69. The highest BCUT2D eigenvalue weighted by Crippen LogP contribution is 2.38. The minimum atomic E-state index is 0. The Kier molecular flexibility index (Phi) is 6.37. The van der Waals surface area contributed by atoms with E-state index < -0.39 is 0 Å². The number of hydrogen-bond donors (Lipinski definition) is 2. The Labute approximate surface area is 124 Å². The number of rotatable bonds is 5. The molecule has 18 heavy (non-hydrogen) atoms. The zero-order chi connectivity index (χ0) is 12.1. The van der Waals surface area contributed by atoms with Crippen LogP contribution in [0.4, 0.5) is 0 Å². The quantitative estimate of drug-likeness (QED) is 0.472. The van der Waals surface area contributed by atoms with Gasteiger partial charge in [0.1, 0.15) is 6.54 Å². The zero-order valence-corrected chi connectivity index (χ0v) is 13.1. The molecule has 1 aliphatic carbocycles. The van der Waals surface area contributed by atoms with Crippen molar-refractivity contribution in [1.82, 2.24) is 20.8 Å². The average molecular weight is 365 g/mol. The van der Waals surface area contributed by atoms with E-state index in [9.17, 15) is 0 Å². The molecule has 6 nitrogen and oxygen atoms in total. The van der Waals surface area contributed by atoms with Crippen molar-refractivity contribution in [2.24, 2.45) is 4.99 Å². The van der Waals surface area contributed by atoms with E-state index in [2.05, 4.69) is 25.8 Å². The lowest BCUT2D eigenvalue weighted by molar-refractivity contribution is 0.375. The maximum absolute atomic E-state index is 5.15. The van der Waals surface area contributed by atoms with Crippen LogP contribution in [0.15, 0.2) is 9.52 Å². The minimum Gasteiger partial charge on any atom is -0.357 e. The smallest absolute Gasteiger partial charge is 0.248 e. The molecule has 1 heterocycles. The first-order chi connectivity index (χ1) is 8.33. The number of hydrogen-bond acceptors (Lipinski definition) is 4. The second kappa shape index (κ2) is 7.55. The van der Waals surface area contributed by atoms with E-state index in [1.807, 2.05) is 13.8 Å². The van der Waals surface area contributed by atoms with Crippen LogP contribution in [0.5, 0.6) is 0 Å². The Hall–Kier alpha value is -0.860. The summed E-state index contributed by atoms with van der Waals surface area (Å²) in [5, 5.41) is 10.2. The fraction of sp³-hybridized carbons (Fsp3) is 0.727. The van der Waals surface area contributed by atoms with Crippen LogP contribution in [0.25, 0.3) is 0 Å². The number of nitrogens with zero attached hydrogens (tertiary/aromatic N) is 3. The molecule has 1 aliphatic rings. The van der Waals surface area contributed by atoms with Crippen LogP contribution in [0, 0.1) is 0 Å². The molecule has 2 rings (SSSR count). The van der Waals surface area contributed by atoms with E-state index in [1.54, 1.807) is 0 Å². The van der Waals surface area contributed by atoms with Gasteiger partial charge in [-0.05, 0) is 26.7 Å². The lowest BCUT2D eigenvalue weighted by atomic mass is 10.4. The van der Waals surface area contributed by atoms with Gasteiger partial charge in [-0.2, -0.15) is 4.98 Å². The van der Waals surface area contributed by atoms with Crippen molar-refractivity contribution in [3.8, 4) is 0 Å². The van der Waals surface area contributed by atoms with Crippen LogP contribution in [0.3, 0.4) is 0 Å². The highest BCUT2D eigenvalue weighted by atomic mass is 127. The first kappa shape index (κ1) is 15.2. The number of halogens is 1. The van der Waals surface area contributed by atoms with E-state index >= 15 is 0 Å². The molecule has 0 amide bonds. The van der Waals surface area contributed by atoms with Gasteiger partial charge in [-0.15, -0.1) is 24.0 Å². The van der Waals surface area contributed by atoms with Crippen LogP contribution < -0.4 is 10.6 Å². The molecule has 1 aromatic rings. The molecule has 0 spiro atoms. The van der Waals surface area contributed by atoms with Crippen molar-refractivity contribution in [2.45, 2.75) is 39.2 Å². The molecule has 1 saturated carbocycles. The molecule has 1 fully saturated rings. The molecular formula is C11H20IN5O. The van der Waals surface area contributed by atoms with Crippen molar-refractivity contribution in [1.29, 1.82) is 0 Å². The van der Waals surface area contributed by atoms with Crippen molar-refractivity contribution in [3.63, 3.8) is 0 Å². The third kappa shape index (κ3) is 4.43. The molecule has 0 aliphatic heterocycles. The van der Waals surface area contributed by atoms with Crippen LogP contribution >= 0.6 is 24.0 Å². The van der Waals surface area contributed by atoms with Crippen LogP contribution in [-0.2, 0) is 6.54 Å². The normalized spacial score (nSPS) is 13.7. The lowest BCUT2D eigenvalue weighted by Gasteiger charge is -2.07. The van der Waals surface area contributed by atoms with Gasteiger partial charge in [-0.25, -0.2) is 4.99 Å². The molecule has 7 heteroatoms. The summed E-state index contributed by atoms with van der Waals surface area (Å²) < 4.78 is 5.15. The maximum atomic E-state index is 5.15. The van der Waals surface area contributed by atoms with Gasteiger partial charge in [0.15, 0.2) is 11.8 Å². The van der Waals surface area contributed by atoms with E-state index in [4.69, 9.17) is 4.52 Å². The fourth-order valence-corrected chi connectivity index (χ4v) is 1.50. The standard InChI is InChI=1S/C11H19N5O.HI/c1-3-12-11(13-4-2)14-7-9-15-10(16-17-9)8-5-6-8;/h8H,3-7H2,1-2H3,(H2,12,13,14);1H. The summed E-state index contributed by atoms with van der Waals surface area (Å²) >= 11 is 0. The van der Waals surface area contributed by atoms with E-state index in [-0.39, 0.29) is 24.0 Å². The van der Waals surface area contributed by atoms with Crippen LogP contribution in [0.1, 0.15) is 44.3 Å². The first-order valence-electron chi connectivity index (χ1n) is 6.18. The molecule has 0 atom stereocenters. The number of nitrogens with one attached hydrogen (secondary N) is 2. The Morgan fingerprint density at radius 2 is 2.00 bits per heavy atom. The predicted octanol–water partition coefficient (Wildman–Crippen LogP) is 1.64. The van der Waals surface area contributed by atoms with Crippen molar-refractivity contribution >= 4 is 29.9 Å². The number of aromatic nitrogens is 2. The van der Waals surface area contributed by atoms with Gasteiger partial charge < -0.3 is 15.2 Å². The molecule has 0 unspecified atom stereocenters. The topological polar surface area (TPSA) is 75.3 Å². The highest BCUT2D eigenvalue weighted by Gasteiger charge is 2.28. The molecule has 0 saturated heterocycles. The molecular weight excluding hydrogens is 345 g/mol. The fourth-order valence-electron chi connectivity index (χ4n) is 1.50. The summed E-state index contributed by atoms with van der Waals surface area (Å²) in [6.07, 6.45) is 2.37. The first-order valence-corrected chi connectivity index (χ1v) is 6.18. The van der Waals surface area contributed by atoms with Gasteiger partial charge >= 0.3 is 0 Å². The van der Waals surface area contributed by atoms with Gasteiger partial charge in [-0.1, -0.05) is 5.16 Å². The van der Waals surface area contributed by atoms with E-state index in [0.29, 0.717) is 18.4 Å². The van der Waals surface area contributed by atoms with Gasteiger partial charge in [-0.3, -0.25) is 0 Å². The second-order valence-electron chi connectivity index (χ2n) is 4.05. The van der Waals surface area contributed by atoms with Crippen LogP contribution in [-0.4, -0.2) is 29.2 Å². The molecule has 0 aromatic carbocycles. The molecule has 102 valence electrons. The van der Waals surface area contributed by atoms with Crippen molar-refractivity contribution in [3.05, 3.63) is 11.7 Å². The second-order valence-corrected chi connectivity index (χ2v) is 4.05. The predicted molar refractivity (Wildman–Crippen MR) is 80.2 cm³/mol. The average Bonchev–Trinajstić information content (AvgIpc) is 3.07. The third-order valence-corrected chi connectivity index (χ3v) is 2.49. The minimum absolute atomic E-state index is 0. The van der Waals surface area contributed by atoms with E-state index in [1.165, 1.54) is 12.8 Å². The van der Waals surface area contributed by atoms with Gasteiger partial charge in [0.25, 0.3) is 0 Å². The van der Waals surface area contributed by atoms with Crippen molar-refractivity contribution in [2.75, 3.05) is 13.1 Å². The Balaban J connectivity index is 0.00000162. The zero-order valence-electron chi connectivity index (χ0n) is 10.8. The van der Waals surface area contributed by atoms with E-state index in [0.717, 1.165) is 24.9 Å². The summed E-state index contributed by atoms with van der Waals surface area (Å²) in [5.41, 5.74) is 0. The van der Waals surface area contributed by atoms with Crippen LogP contribution in [0.2, 0.25) is 0 Å². The summed E-state index contributed by atoms with van der Waals surface area (Å²) in [7, 11) is 0. The molecule has 0 radical (unpaired) electrons. The monoisotopic (exact) mass is 365 g/mol. The van der Waals surface area contributed by atoms with Gasteiger partial charge in [0, 0.05) is 19.0 Å². The van der Waals surface area contributed by atoms with Gasteiger partial charge in [0.2, 0.25) is 5.89 Å². The summed E-state index contributed by atoms with van der Waals surface area (Å²) in [6.45, 7) is 6.16. The lowest BCUT2D eigenvalue weighted by Crippen LogP contribution is -2.36. The summed E-state index contributed by atoms with van der Waals surface area (Å²) in [5.74, 6) is 2.73. The summed E-state index contributed by atoms with van der Waals surface area (Å²) in [6, 6.07) is 0. The van der Waals surface area contributed by atoms with Gasteiger partial charge in [0.05, 0.1) is 0 Å². The largest absolute Gasteiger partial charge is 0.357 e. The molecule has 2 N–H and O–H groups in total. The Bertz CT molecular complexity index is 381. The number of aliphatic imine (C=N–C) groups is 1. The van der Waals surface area contributed by atoms with Crippen molar-refractivity contribution < 1.29 is 4.52 Å². The third-order valence-electron chi connectivity index (χ3n) is 2.49. The molecule has 1 aromatic heterocycles. The number of guanidine groups is 1. The Morgan fingerprint density at radius 1 is 1.33 bits per heavy atom. The SMILES string of the molecule is CCNC(=NCc1nc(C2CC2)no1)NCC.I. The Morgan fingerprint density at radius 3 is 2.56 bits per heavy atom.